The highest BCUT2D eigenvalue weighted by Gasteiger charge is 2.19. The van der Waals surface area contributed by atoms with Gasteiger partial charge in [-0.2, -0.15) is 0 Å². The summed E-state index contributed by atoms with van der Waals surface area (Å²) in [6, 6.07) is 20.1. The summed E-state index contributed by atoms with van der Waals surface area (Å²) in [4.78, 5) is 6.11. The van der Waals surface area contributed by atoms with Gasteiger partial charge in [0.15, 0.2) is 0 Å². The highest BCUT2D eigenvalue weighted by atomic mass is 32.2. The van der Waals surface area contributed by atoms with Gasteiger partial charge in [0.2, 0.25) is 0 Å². The Labute approximate surface area is 204 Å². The molecule has 3 aromatic rings. The fourth-order valence-electron chi connectivity index (χ4n) is 4.49. The van der Waals surface area contributed by atoms with Gasteiger partial charge < -0.3 is 4.90 Å². The van der Waals surface area contributed by atoms with E-state index in [9.17, 15) is 13.2 Å². The van der Waals surface area contributed by atoms with Crippen LogP contribution in [-0.4, -0.2) is 54.8 Å². The van der Waals surface area contributed by atoms with E-state index in [1.165, 1.54) is 36.4 Å². The van der Waals surface area contributed by atoms with Gasteiger partial charge in [-0.3, -0.25) is 4.90 Å². The number of piperazine rings is 1. The molecule has 1 fully saturated rings. The molecule has 0 radical (unpaired) electrons. The van der Waals surface area contributed by atoms with Crippen molar-refractivity contribution in [3.8, 4) is 0 Å². The molecule has 0 N–H and O–H groups in total. The smallest absolute Gasteiger partial charge is 0.123 e. The molecule has 0 unspecified atom stereocenters. The monoisotopic (exact) mass is 484 g/mol. The van der Waals surface area contributed by atoms with Crippen molar-refractivity contribution in [3.05, 3.63) is 101 Å². The first kappa shape index (κ1) is 24.8. The van der Waals surface area contributed by atoms with Crippen LogP contribution < -0.4 is 0 Å². The van der Waals surface area contributed by atoms with Gasteiger partial charge in [0.1, 0.15) is 17.5 Å². The molecule has 1 saturated heterocycles. The molecule has 180 valence electrons. The van der Waals surface area contributed by atoms with E-state index >= 15 is 0 Å². The van der Waals surface area contributed by atoms with Crippen LogP contribution in [0.25, 0.3) is 0 Å². The number of benzene rings is 3. The van der Waals surface area contributed by atoms with Crippen molar-refractivity contribution < 1.29 is 13.2 Å². The lowest BCUT2D eigenvalue weighted by atomic mass is 9.87. The first-order valence-electron chi connectivity index (χ1n) is 11.9. The largest absolute Gasteiger partial charge is 0.301 e. The number of hydrogen-bond donors (Lipinski definition) is 0. The van der Waals surface area contributed by atoms with Crippen LogP contribution in [0.15, 0.2) is 77.7 Å². The molecule has 2 nitrogen and oxygen atoms in total. The minimum Gasteiger partial charge on any atom is -0.301 e. The predicted octanol–water partition coefficient (Wildman–Crippen LogP) is 6.43. The summed E-state index contributed by atoms with van der Waals surface area (Å²) >= 11 is 1.77. The quantitative estimate of drug-likeness (QED) is 0.306. The van der Waals surface area contributed by atoms with Crippen molar-refractivity contribution in [1.82, 2.24) is 9.80 Å². The molecule has 1 heterocycles. The van der Waals surface area contributed by atoms with Gasteiger partial charge in [0, 0.05) is 49.3 Å². The molecule has 1 aliphatic heterocycles. The highest BCUT2D eigenvalue weighted by molar-refractivity contribution is 7.99. The fourth-order valence-corrected chi connectivity index (χ4v) is 5.41. The van der Waals surface area contributed by atoms with Gasteiger partial charge in [-0.05, 0) is 79.0 Å². The SMILES string of the molecule is Fc1ccc(SCCN2CCN(CCCC(c3ccc(F)cc3)c3ccc(F)cc3)CC2)cc1. The first-order chi connectivity index (χ1) is 16.6. The van der Waals surface area contributed by atoms with E-state index in [-0.39, 0.29) is 23.4 Å². The lowest BCUT2D eigenvalue weighted by molar-refractivity contribution is 0.136. The molecule has 0 bridgehead atoms. The van der Waals surface area contributed by atoms with Crippen molar-refractivity contribution in [3.63, 3.8) is 0 Å². The number of rotatable bonds is 10. The molecule has 0 spiro atoms. The highest BCUT2D eigenvalue weighted by Crippen LogP contribution is 2.30. The van der Waals surface area contributed by atoms with Crippen LogP contribution in [0.2, 0.25) is 0 Å². The Kier molecular flexibility index (Phi) is 9.08. The van der Waals surface area contributed by atoms with E-state index < -0.39 is 0 Å². The maximum atomic E-state index is 13.4. The lowest BCUT2D eigenvalue weighted by Gasteiger charge is -2.35. The van der Waals surface area contributed by atoms with Crippen LogP contribution in [0.3, 0.4) is 0 Å². The van der Waals surface area contributed by atoms with Gasteiger partial charge in [-0.25, -0.2) is 13.2 Å². The van der Waals surface area contributed by atoms with E-state index in [4.69, 9.17) is 0 Å². The van der Waals surface area contributed by atoms with Gasteiger partial charge in [-0.15, -0.1) is 11.8 Å². The predicted molar refractivity (Wildman–Crippen MR) is 134 cm³/mol. The zero-order valence-corrected chi connectivity index (χ0v) is 20.1. The Balaban J connectivity index is 1.21. The maximum Gasteiger partial charge on any atom is 0.123 e. The van der Waals surface area contributed by atoms with Crippen LogP contribution in [0.5, 0.6) is 0 Å². The van der Waals surface area contributed by atoms with E-state index in [1.807, 2.05) is 36.4 Å². The van der Waals surface area contributed by atoms with E-state index in [0.29, 0.717) is 0 Å². The first-order valence-corrected chi connectivity index (χ1v) is 12.9. The lowest BCUT2D eigenvalue weighted by Crippen LogP contribution is -2.47. The standard InChI is InChI=1S/C28H31F3N2S/c29-24-7-3-22(4-8-24)28(23-5-9-25(30)10-6-23)2-1-15-32-16-18-33(19-17-32)20-21-34-27-13-11-26(31)12-14-27/h3-14,28H,1-2,15-21H2. The Morgan fingerprint density at radius 2 is 1.06 bits per heavy atom. The van der Waals surface area contributed by atoms with Crippen LogP contribution in [0.4, 0.5) is 13.2 Å². The molecule has 0 saturated carbocycles. The molecule has 34 heavy (non-hydrogen) atoms. The summed E-state index contributed by atoms with van der Waals surface area (Å²) in [5, 5.41) is 0. The van der Waals surface area contributed by atoms with Crippen molar-refractivity contribution in [2.24, 2.45) is 0 Å². The van der Waals surface area contributed by atoms with Crippen molar-refractivity contribution >= 4 is 11.8 Å². The topological polar surface area (TPSA) is 6.48 Å². The molecule has 4 rings (SSSR count). The maximum absolute atomic E-state index is 13.4. The van der Waals surface area contributed by atoms with Crippen LogP contribution in [0.1, 0.15) is 29.9 Å². The Bertz CT molecular complexity index is 956. The van der Waals surface area contributed by atoms with Crippen molar-refractivity contribution in [2.75, 3.05) is 45.0 Å². The van der Waals surface area contributed by atoms with Gasteiger partial charge in [0.05, 0.1) is 0 Å². The molecule has 3 aromatic carbocycles. The van der Waals surface area contributed by atoms with E-state index in [2.05, 4.69) is 9.80 Å². The van der Waals surface area contributed by atoms with E-state index in [0.717, 1.165) is 73.9 Å². The number of nitrogens with zero attached hydrogens (tertiary/aromatic N) is 2. The summed E-state index contributed by atoms with van der Waals surface area (Å²) in [6.45, 7) is 6.29. The zero-order valence-electron chi connectivity index (χ0n) is 19.3. The molecular weight excluding hydrogens is 453 g/mol. The summed E-state index contributed by atoms with van der Waals surface area (Å²) in [5.74, 6) is 0.460. The molecule has 0 atom stereocenters. The number of thioether (sulfide) groups is 1. The minimum absolute atomic E-state index is 0.131. The molecular formula is C28H31F3N2S. The minimum atomic E-state index is -0.240. The average Bonchev–Trinajstić information content (AvgIpc) is 2.85. The van der Waals surface area contributed by atoms with Gasteiger partial charge in [0.25, 0.3) is 0 Å². The normalized spacial score (nSPS) is 15.2. The van der Waals surface area contributed by atoms with Crippen LogP contribution >= 0.6 is 11.8 Å². The molecule has 0 aromatic heterocycles. The summed E-state index contributed by atoms with van der Waals surface area (Å²) < 4.78 is 39.9. The second-order valence-electron chi connectivity index (χ2n) is 8.78. The number of hydrogen-bond acceptors (Lipinski definition) is 3. The Morgan fingerprint density at radius 3 is 1.56 bits per heavy atom. The number of halogens is 3. The van der Waals surface area contributed by atoms with Crippen LogP contribution in [0, 0.1) is 17.5 Å². The third kappa shape index (κ3) is 7.36. The van der Waals surface area contributed by atoms with E-state index in [1.54, 1.807) is 11.8 Å². The second kappa shape index (κ2) is 12.4. The third-order valence-corrected chi connectivity index (χ3v) is 7.46. The summed E-state index contributed by atoms with van der Waals surface area (Å²) in [6.07, 6.45) is 1.96. The van der Waals surface area contributed by atoms with Crippen molar-refractivity contribution in [2.45, 2.75) is 23.7 Å². The Morgan fingerprint density at radius 1 is 0.618 bits per heavy atom. The summed E-state index contributed by atoms with van der Waals surface area (Å²) in [5.41, 5.74) is 2.13. The molecule has 1 aliphatic rings. The van der Waals surface area contributed by atoms with Gasteiger partial charge >= 0.3 is 0 Å². The van der Waals surface area contributed by atoms with Crippen LogP contribution in [-0.2, 0) is 0 Å². The summed E-state index contributed by atoms with van der Waals surface area (Å²) in [7, 11) is 0. The Hall–Kier alpha value is -2.28. The van der Waals surface area contributed by atoms with Crippen molar-refractivity contribution in [1.29, 1.82) is 0 Å². The molecule has 6 heteroatoms. The zero-order chi connectivity index (χ0) is 23.8. The van der Waals surface area contributed by atoms with Gasteiger partial charge in [-0.1, -0.05) is 24.3 Å². The fraction of sp³-hybridized carbons (Fsp3) is 0.357. The third-order valence-electron chi connectivity index (χ3n) is 6.47. The second-order valence-corrected chi connectivity index (χ2v) is 9.95. The molecule has 0 aliphatic carbocycles. The average molecular weight is 485 g/mol. The molecule has 0 amide bonds.